The van der Waals surface area contributed by atoms with Gasteiger partial charge in [0.05, 0.1) is 6.04 Å². The van der Waals surface area contributed by atoms with Gasteiger partial charge in [-0.15, -0.1) is 0 Å². The summed E-state index contributed by atoms with van der Waals surface area (Å²) in [6.07, 6.45) is 0.824. The highest BCUT2D eigenvalue weighted by Gasteiger charge is 2.26. The molecule has 1 aromatic carbocycles. The number of hydrogen-bond donors (Lipinski definition) is 2. The van der Waals surface area contributed by atoms with E-state index in [9.17, 15) is 4.79 Å². The number of nitrogens with one attached hydrogen (secondary N) is 1. The van der Waals surface area contributed by atoms with Crippen LogP contribution in [0.25, 0.3) is 0 Å². The van der Waals surface area contributed by atoms with E-state index in [1.165, 1.54) is 0 Å². The minimum atomic E-state index is -0.0544. The molecule has 1 saturated heterocycles. The maximum absolute atomic E-state index is 12.4. The Labute approximate surface area is 120 Å². The second kappa shape index (κ2) is 6.72. The third-order valence-corrected chi connectivity index (χ3v) is 3.85. The summed E-state index contributed by atoms with van der Waals surface area (Å²) >= 11 is 0. The van der Waals surface area contributed by atoms with E-state index in [0.29, 0.717) is 5.69 Å². The summed E-state index contributed by atoms with van der Waals surface area (Å²) in [5.41, 5.74) is 7.15. The number of piperazine rings is 1. The minimum absolute atomic E-state index is 0.0544. The SMILES string of the molecule is CCC(C(=O)Nc1ccc(N)cc1)N1CCN(C)CC1. The van der Waals surface area contributed by atoms with Gasteiger partial charge in [-0.3, -0.25) is 9.69 Å². The van der Waals surface area contributed by atoms with Crippen LogP contribution in [0, 0.1) is 0 Å². The molecule has 5 heteroatoms. The van der Waals surface area contributed by atoms with Gasteiger partial charge in [0.15, 0.2) is 0 Å². The fourth-order valence-corrected chi connectivity index (χ4v) is 2.54. The molecule has 1 fully saturated rings. The summed E-state index contributed by atoms with van der Waals surface area (Å²) in [6.45, 7) is 6.00. The van der Waals surface area contributed by atoms with E-state index in [1.54, 1.807) is 12.1 Å². The van der Waals surface area contributed by atoms with Crippen molar-refractivity contribution in [1.82, 2.24) is 9.80 Å². The molecule has 1 unspecified atom stereocenters. The van der Waals surface area contributed by atoms with E-state index < -0.39 is 0 Å². The highest BCUT2D eigenvalue weighted by molar-refractivity contribution is 5.94. The number of anilines is 2. The zero-order valence-electron chi connectivity index (χ0n) is 12.3. The fraction of sp³-hybridized carbons (Fsp3) is 0.533. The minimum Gasteiger partial charge on any atom is -0.399 e. The number of nitrogens with two attached hydrogens (primary N) is 1. The number of hydrogen-bond acceptors (Lipinski definition) is 4. The van der Waals surface area contributed by atoms with Crippen molar-refractivity contribution in [2.45, 2.75) is 19.4 Å². The van der Waals surface area contributed by atoms with Crippen LogP contribution in [0.5, 0.6) is 0 Å². The molecule has 1 atom stereocenters. The van der Waals surface area contributed by atoms with Crippen molar-refractivity contribution in [3.63, 3.8) is 0 Å². The summed E-state index contributed by atoms with van der Waals surface area (Å²) in [5, 5.41) is 2.98. The Hall–Kier alpha value is -1.59. The van der Waals surface area contributed by atoms with E-state index in [2.05, 4.69) is 29.1 Å². The molecule has 0 aromatic heterocycles. The van der Waals surface area contributed by atoms with Crippen LogP contribution in [0.2, 0.25) is 0 Å². The summed E-state index contributed by atoms with van der Waals surface area (Å²) in [4.78, 5) is 17.0. The third-order valence-electron chi connectivity index (χ3n) is 3.85. The number of benzene rings is 1. The van der Waals surface area contributed by atoms with Crippen LogP contribution in [-0.2, 0) is 4.79 Å². The van der Waals surface area contributed by atoms with Crippen LogP contribution in [0.1, 0.15) is 13.3 Å². The average Bonchev–Trinajstić information content (AvgIpc) is 2.44. The standard InChI is InChI=1S/C15H24N4O/c1-3-14(19-10-8-18(2)9-11-19)15(20)17-13-6-4-12(16)5-7-13/h4-7,14H,3,8-11,16H2,1-2H3,(H,17,20). The van der Waals surface area contributed by atoms with Gasteiger partial charge >= 0.3 is 0 Å². The first-order valence-electron chi connectivity index (χ1n) is 7.19. The van der Waals surface area contributed by atoms with Crippen molar-refractivity contribution < 1.29 is 4.79 Å². The Morgan fingerprint density at radius 3 is 2.40 bits per heavy atom. The van der Waals surface area contributed by atoms with Crippen molar-refractivity contribution in [2.24, 2.45) is 0 Å². The first-order valence-corrected chi connectivity index (χ1v) is 7.19. The Bertz CT molecular complexity index is 438. The molecule has 110 valence electrons. The molecule has 5 nitrogen and oxygen atoms in total. The van der Waals surface area contributed by atoms with Crippen LogP contribution >= 0.6 is 0 Å². The average molecular weight is 276 g/mol. The van der Waals surface area contributed by atoms with Crippen LogP contribution in [0.3, 0.4) is 0 Å². The monoisotopic (exact) mass is 276 g/mol. The molecule has 1 aliphatic rings. The lowest BCUT2D eigenvalue weighted by Crippen LogP contribution is -2.52. The van der Waals surface area contributed by atoms with Crippen molar-refractivity contribution in [1.29, 1.82) is 0 Å². The Morgan fingerprint density at radius 2 is 1.85 bits per heavy atom. The van der Waals surface area contributed by atoms with Crippen molar-refractivity contribution in [3.8, 4) is 0 Å². The zero-order chi connectivity index (χ0) is 14.5. The summed E-state index contributed by atoms with van der Waals surface area (Å²) in [6, 6.07) is 7.22. The van der Waals surface area contributed by atoms with Crippen molar-refractivity contribution >= 4 is 17.3 Å². The second-order valence-electron chi connectivity index (χ2n) is 5.37. The number of nitrogen functional groups attached to an aromatic ring is 1. The van der Waals surface area contributed by atoms with E-state index in [1.807, 2.05) is 12.1 Å². The predicted octanol–water partition coefficient (Wildman–Crippen LogP) is 1.23. The van der Waals surface area contributed by atoms with Gasteiger partial charge in [0, 0.05) is 37.6 Å². The Balaban J connectivity index is 1.96. The Morgan fingerprint density at radius 1 is 1.25 bits per heavy atom. The van der Waals surface area contributed by atoms with Crippen LogP contribution in [0.4, 0.5) is 11.4 Å². The van der Waals surface area contributed by atoms with Gasteiger partial charge < -0.3 is 16.0 Å². The zero-order valence-corrected chi connectivity index (χ0v) is 12.3. The van der Waals surface area contributed by atoms with Gasteiger partial charge in [0.2, 0.25) is 5.91 Å². The maximum atomic E-state index is 12.4. The molecule has 3 N–H and O–H groups in total. The van der Waals surface area contributed by atoms with Crippen LogP contribution in [-0.4, -0.2) is 55.0 Å². The van der Waals surface area contributed by atoms with E-state index in [4.69, 9.17) is 5.73 Å². The van der Waals surface area contributed by atoms with Gasteiger partial charge in [-0.05, 0) is 37.7 Å². The molecule has 0 bridgehead atoms. The molecule has 2 rings (SSSR count). The fourth-order valence-electron chi connectivity index (χ4n) is 2.54. The molecule has 0 saturated carbocycles. The topological polar surface area (TPSA) is 61.6 Å². The quantitative estimate of drug-likeness (QED) is 0.812. The number of nitrogens with zero attached hydrogens (tertiary/aromatic N) is 2. The van der Waals surface area contributed by atoms with Crippen molar-refractivity contribution in [3.05, 3.63) is 24.3 Å². The van der Waals surface area contributed by atoms with Gasteiger partial charge in [-0.2, -0.15) is 0 Å². The first-order chi connectivity index (χ1) is 9.60. The van der Waals surface area contributed by atoms with Gasteiger partial charge in [0.1, 0.15) is 0 Å². The molecule has 0 radical (unpaired) electrons. The molecule has 1 aromatic rings. The van der Waals surface area contributed by atoms with E-state index >= 15 is 0 Å². The van der Waals surface area contributed by atoms with Gasteiger partial charge in [0.25, 0.3) is 0 Å². The number of amides is 1. The van der Waals surface area contributed by atoms with Crippen LogP contribution < -0.4 is 11.1 Å². The number of carbonyl (C=O) groups is 1. The summed E-state index contributed by atoms with van der Waals surface area (Å²) in [5.74, 6) is 0.0711. The van der Waals surface area contributed by atoms with Crippen LogP contribution in [0.15, 0.2) is 24.3 Å². The third kappa shape index (κ3) is 3.71. The van der Waals surface area contributed by atoms with E-state index in [-0.39, 0.29) is 11.9 Å². The molecule has 1 amide bonds. The first kappa shape index (κ1) is 14.8. The molecule has 1 aliphatic heterocycles. The van der Waals surface area contributed by atoms with Crippen molar-refractivity contribution in [2.75, 3.05) is 44.3 Å². The molecule has 0 spiro atoms. The number of rotatable bonds is 4. The lowest BCUT2D eigenvalue weighted by Gasteiger charge is -2.36. The number of likely N-dealkylation sites (N-methyl/N-ethyl adjacent to an activating group) is 1. The maximum Gasteiger partial charge on any atom is 0.241 e. The molecule has 1 heterocycles. The molecular formula is C15H24N4O. The lowest BCUT2D eigenvalue weighted by atomic mass is 10.1. The number of carbonyl (C=O) groups excluding carboxylic acids is 1. The molecule has 0 aliphatic carbocycles. The smallest absolute Gasteiger partial charge is 0.241 e. The largest absolute Gasteiger partial charge is 0.399 e. The second-order valence-corrected chi connectivity index (χ2v) is 5.37. The highest BCUT2D eigenvalue weighted by Crippen LogP contribution is 2.14. The highest BCUT2D eigenvalue weighted by atomic mass is 16.2. The summed E-state index contributed by atoms with van der Waals surface area (Å²) in [7, 11) is 2.12. The van der Waals surface area contributed by atoms with E-state index in [0.717, 1.165) is 38.3 Å². The molecule has 20 heavy (non-hydrogen) atoms. The Kier molecular flexibility index (Phi) is 4.98. The lowest BCUT2D eigenvalue weighted by molar-refractivity contribution is -0.122. The molecular weight excluding hydrogens is 252 g/mol. The van der Waals surface area contributed by atoms with Gasteiger partial charge in [-0.1, -0.05) is 6.92 Å². The van der Waals surface area contributed by atoms with Gasteiger partial charge in [-0.25, -0.2) is 0 Å². The summed E-state index contributed by atoms with van der Waals surface area (Å²) < 4.78 is 0. The normalized spacial score (nSPS) is 18.7. The predicted molar refractivity (Wildman–Crippen MR) is 82.6 cm³/mol.